The van der Waals surface area contributed by atoms with Crippen molar-refractivity contribution < 1.29 is 9.59 Å². The summed E-state index contributed by atoms with van der Waals surface area (Å²) in [5, 5.41) is 6.94. The third-order valence-corrected chi connectivity index (χ3v) is 6.86. The molecule has 2 N–H and O–H groups in total. The summed E-state index contributed by atoms with van der Waals surface area (Å²) in [5.74, 6) is -0.187. The molecular formula is C28H28ClN5O2. The molecule has 0 unspecified atom stereocenters. The van der Waals surface area contributed by atoms with E-state index in [2.05, 4.69) is 22.6 Å². The van der Waals surface area contributed by atoms with E-state index < -0.39 is 0 Å². The monoisotopic (exact) mass is 501 g/mol. The highest BCUT2D eigenvalue weighted by atomic mass is 35.5. The lowest BCUT2D eigenvalue weighted by Crippen LogP contribution is -2.51. The average Bonchev–Trinajstić information content (AvgIpc) is 3.22. The minimum atomic E-state index is -0.187. The van der Waals surface area contributed by atoms with Gasteiger partial charge in [0.1, 0.15) is 0 Å². The molecule has 0 radical (unpaired) electrons. The molecule has 0 bridgehead atoms. The third-order valence-electron chi connectivity index (χ3n) is 6.62. The molecule has 0 aromatic heterocycles. The number of benzene rings is 3. The van der Waals surface area contributed by atoms with Crippen LogP contribution in [0.4, 0.5) is 21.9 Å². The molecule has 8 heteroatoms. The van der Waals surface area contributed by atoms with Gasteiger partial charge in [0.15, 0.2) is 0 Å². The number of hydrogen-bond donors (Lipinski definition) is 2. The molecule has 3 aromatic carbocycles. The van der Waals surface area contributed by atoms with Crippen LogP contribution in [0.5, 0.6) is 0 Å². The summed E-state index contributed by atoms with van der Waals surface area (Å²) in [4.78, 5) is 31.8. The minimum absolute atomic E-state index is 0.00574. The number of likely N-dealkylation sites (N-methyl/N-ethyl adjacent to an activating group) is 1. The van der Waals surface area contributed by atoms with Gasteiger partial charge in [0.25, 0.3) is 5.91 Å². The Bertz CT molecular complexity index is 1320. The fourth-order valence-electron chi connectivity index (χ4n) is 4.51. The summed E-state index contributed by atoms with van der Waals surface area (Å²) >= 11 is 6.15. The summed E-state index contributed by atoms with van der Waals surface area (Å²) < 4.78 is 0. The number of anilines is 3. The third kappa shape index (κ3) is 4.80. The first-order chi connectivity index (χ1) is 17.4. The molecule has 0 saturated carbocycles. The van der Waals surface area contributed by atoms with Crippen molar-refractivity contribution >= 4 is 51.9 Å². The van der Waals surface area contributed by atoms with Crippen LogP contribution in [0, 0.1) is 0 Å². The number of piperazine rings is 1. The molecule has 0 atom stereocenters. The van der Waals surface area contributed by atoms with Crippen molar-refractivity contribution in [2.45, 2.75) is 0 Å². The standard InChI is InChI=1S/C28H28ClN5O2/c1-32-14-16-34(17-15-32)28(36)33(2)22-11-9-21(10-12-22)30-26(19-6-4-3-5-7-19)25-23-13-8-20(29)18-24(23)31-27(25)35/h3-13,18,30H,14-17H2,1-2H3,(H,31,35). The molecule has 7 nitrogen and oxygen atoms in total. The number of amides is 3. The van der Waals surface area contributed by atoms with Crippen LogP contribution in [-0.4, -0.2) is 62.0 Å². The van der Waals surface area contributed by atoms with E-state index in [1.165, 1.54) is 0 Å². The quantitative estimate of drug-likeness (QED) is 0.489. The molecule has 2 aliphatic rings. The van der Waals surface area contributed by atoms with E-state index in [-0.39, 0.29) is 11.9 Å². The summed E-state index contributed by atoms with van der Waals surface area (Å²) in [6, 6.07) is 22.8. The molecule has 0 aliphatic carbocycles. The predicted molar refractivity (Wildman–Crippen MR) is 146 cm³/mol. The number of nitrogens with one attached hydrogen (secondary N) is 2. The van der Waals surface area contributed by atoms with Gasteiger partial charge in [-0.25, -0.2) is 4.79 Å². The minimum Gasteiger partial charge on any atom is -0.354 e. The van der Waals surface area contributed by atoms with Gasteiger partial charge in [-0.05, 0) is 49.0 Å². The number of carbonyl (C=O) groups is 2. The molecule has 3 amide bonds. The van der Waals surface area contributed by atoms with Crippen LogP contribution in [0.2, 0.25) is 5.02 Å². The largest absolute Gasteiger partial charge is 0.354 e. The normalized spacial score (nSPS) is 16.9. The van der Waals surface area contributed by atoms with Crippen LogP contribution in [0.15, 0.2) is 72.8 Å². The highest BCUT2D eigenvalue weighted by molar-refractivity contribution is 6.38. The van der Waals surface area contributed by atoms with Gasteiger partial charge in [-0.3, -0.25) is 9.69 Å². The summed E-state index contributed by atoms with van der Waals surface area (Å²) in [7, 11) is 3.87. The molecule has 2 aliphatic heterocycles. The molecule has 3 aromatic rings. The van der Waals surface area contributed by atoms with Gasteiger partial charge >= 0.3 is 6.03 Å². The van der Waals surface area contributed by atoms with Crippen molar-refractivity contribution in [3.8, 4) is 0 Å². The first-order valence-electron chi connectivity index (χ1n) is 11.9. The second kappa shape index (κ2) is 10.0. The van der Waals surface area contributed by atoms with E-state index in [4.69, 9.17) is 11.6 Å². The van der Waals surface area contributed by atoms with Gasteiger partial charge in [-0.2, -0.15) is 0 Å². The number of urea groups is 1. The smallest absolute Gasteiger partial charge is 0.324 e. The first-order valence-corrected chi connectivity index (χ1v) is 12.3. The molecule has 184 valence electrons. The molecule has 1 fully saturated rings. The summed E-state index contributed by atoms with van der Waals surface area (Å²) in [6.07, 6.45) is 0. The van der Waals surface area contributed by atoms with E-state index in [0.717, 1.165) is 48.7 Å². The van der Waals surface area contributed by atoms with Crippen molar-refractivity contribution in [3.05, 3.63) is 88.9 Å². The summed E-state index contributed by atoms with van der Waals surface area (Å²) in [6.45, 7) is 3.20. The SMILES string of the molecule is CN1CCN(C(=O)N(C)c2ccc(NC(=C3C(=O)Nc4cc(Cl)ccc43)c3ccccc3)cc2)CC1. The van der Waals surface area contributed by atoms with Crippen molar-refractivity contribution in [3.63, 3.8) is 0 Å². The number of fused-ring (bicyclic) bond motifs is 1. The predicted octanol–water partition coefficient (Wildman–Crippen LogP) is 5.08. The fourth-order valence-corrected chi connectivity index (χ4v) is 4.68. The number of hydrogen-bond acceptors (Lipinski definition) is 4. The van der Waals surface area contributed by atoms with Crippen LogP contribution in [-0.2, 0) is 4.79 Å². The van der Waals surface area contributed by atoms with Crippen LogP contribution in [0.1, 0.15) is 11.1 Å². The number of halogens is 1. The van der Waals surface area contributed by atoms with E-state index in [0.29, 0.717) is 22.0 Å². The lowest BCUT2D eigenvalue weighted by molar-refractivity contribution is -0.110. The van der Waals surface area contributed by atoms with Crippen molar-refractivity contribution in [2.75, 3.05) is 55.8 Å². The van der Waals surface area contributed by atoms with Crippen LogP contribution >= 0.6 is 11.6 Å². The van der Waals surface area contributed by atoms with E-state index in [1.807, 2.05) is 65.6 Å². The lowest BCUT2D eigenvalue weighted by Gasteiger charge is -2.35. The summed E-state index contributed by atoms with van der Waals surface area (Å²) in [5.41, 5.74) is 5.24. The van der Waals surface area contributed by atoms with Crippen LogP contribution in [0.3, 0.4) is 0 Å². The number of rotatable bonds is 4. The highest BCUT2D eigenvalue weighted by Gasteiger charge is 2.29. The maximum absolute atomic E-state index is 13.0. The Morgan fingerprint density at radius 3 is 2.36 bits per heavy atom. The van der Waals surface area contributed by atoms with Gasteiger partial charge in [0.2, 0.25) is 0 Å². The van der Waals surface area contributed by atoms with Crippen LogP contribution in [0.25, 0.3) is 11.3 Å². The fraction of sp³-hybridized carbons (Fsp3) is 0.214. The Balaban J connectivity index is 1.43. The van der Waals surface area contributed by atoms with Gasteiger partial charge in [-0.15, -0.1) is 0 Å². The molecule has 2 heterocycles. The zero-order chi connectivity index (χ0) is 25.2. The Morgan fingerprint density at radius 1 is 0.972 bits per heavy atom. The van der Waals surface area contributed by atoms with Gasteiger partial charge in [0, 0.05) is 55.2 Å². The lowest BCUT2D eigenvalue weighted by atomic mass is 10.00. The number of nitrogens with zero attached hydrogens (tertiary/aromatic N) is 3. The van der Waals surface area contributed by atoms with E-state index in [9.17, 15) is 9.59 Å². The maximum Gasteiger partial charge on any atom is 0.324 e. The second-order valence-corrected chi connectivity index (χ2v) is 9.50. The van der Waals surface area contributed by atoms with Crippen molar-refractivity contribution in [1.29, 1.82) is 0 Å². The second-order valence-electron chi connectivity index (χ2n) is 9.06. The zero-order valence-corrected chi connectivity index (χ0v) is 21.0. The van der Waals surface area contributed by atoms with E-state index in [1.54, 1.807) is 24.1 Å². The topological polar surface area (TPSA) is 67.9 Å². The molecule has 0 spiro atoms. The Labute approximate surface area is 215 Å². The van der Waals surface area contributed by atoms with Gasteiger partial charge in [0.05, 0.1) is 17.0 Å². The van der Waals surface area contributed by atoms with Crippen molar-refractivity contribution in [2.24, 2.45) is 0 Å². The molecule has 5 rings (SSSR count). The molecule has 36 heavy (non-hydrogen) atoms. The Hall–Kier alpha value is -3.81. The zero-order valence-electron chi connectivity index (χ0n) is 20.3. The van der Waals surface area contributed by atoms with Gasteiger partial charge < -0.3 is 20.4 Å². The Morgan fingerprint density at radius 2 is 1.67 bits per heavy atom. The highest BCUT2D eigenvalue weighted by Crippen LogP contribution is 2.38. The van der Waals surface area contributed by atoms with Gasteiger partial charge in [-0.1, -0.05) is 48.0 Å². The van der Waals surface area contributed by atoms with Crippen molar-refractivity contribution in [1.82, 2.24) is 9.80 Å². The van der Waals surface area contributed by atoms with E-state index >= 15 is 0 Å². The molecule has 1 saturated heterocycles. The molecular weight excluding hydrogens is 474 g/mol. The average molecular weight is 502 g/mol. The maximum atomic E-state index is 13.0. The van der Waals surface area contributed by atoms with Crippen LogP contribution < -0.4 is 15.5 Å². The first kappa shape index (κ1) is 23.9. The number of carbonyl (C=O) groups excluding carboxylic acids is 2. The Kier molecular flexibility index (Phi) is 6.67.